The third-order valence-corrected chi connectivity index (χ3v) is 2.86. The van der Waals surface area contributed by atoms with E-state index in [2.05, 4.69) is 5.32 Å². The van der Waals surface area contributed by atoms with Gasteiger partial charge in [0, 0.05) is 12.5 Å². The maximum Gasteiger partial charge on any atom is 0.338 e. The molecule has 0 spiro atoms. The zero-order chi connectivity index (χ0) is 11.2. The number of nitrogens with one attached hydrogen (secondary N) is 1. The SMILES string of the molecule is Cl.O=C(OCC1CCCNC1)c1ccccc1. The van der Waals surface area contributed by atoms with Gasteiger partial charge < -0.3 is 10.1 Å². The zero-order valence-corrected chi connectivity index (χ0v) is 10.5. The van der Waals surface area contributed by atoms with Crippen LogP contribution in [0.3, 0.4) is 0 Å². The second kappa shape index (κ2) is 7.30. The summed E-state index contributed by atoms with van der Waals surface area (Å²) >= 11 is 0. The number of piperidine rings is 1. The summed E-state index contributed by atoms with van der Waals surface area (Å²) in [7, 11) is 0. The Kier molecular flexibility index (Phi) is 6.01. The minimum Gasteiger partial charge on any atom is -0.462 e. The van der Waals surface area contributed by atoms with Crippen molar-refractivity contribution in [1.29, 1.82) is 0 Å². The molecule has 1 heterocycles. The molecule has 4 heteroatoms. The van der Waals surface area contributed by atoms with E-state index in [0.717, 1.165) is 19.5 Å². The van der Waals surface area contributed by atoms with Crippen molar-refractivity contribution < 1.29 is 9.53 Å². The highest BCUT2D eigenvalue weighted by Gasteiger charge is 2.15. The Hall–Kier alpha value is -1.06. The van der Waals surface area contributed by atoms with Crippen LogP contribution in [0.4, 0.5) is 0 Å². The standard InChI is InChI=1S/C13H17NO2.ClH/c15-13(12-6-2-1-3-7-12)16-10-11-5-4-8-14-9-11;/h1-3,6-7,11,14H,4-5,8-10H2;1H. The molecule has 1 unspecified atom stereocenters. The van der Waals surface area contributed by atoms with Gasteiger partial charge in [0.25, 0.3) is 0 Å². The Morgan fingerprint density at radius 3 is 2.76 bits per heavy atom. The highest BCUT2D eigenvalue weighted by atomic mass is 35.5. The van der Waals surface area contributed by atoms with Crippen LogP contribution < -0.4 is 5.32 Å². The molecule has 0 bridgehead atoms. The fourth-order valence-electron chi connectivity index (χ4n) is 1.92. The normalized spacial score (nSPS) is 19.2. The number of esters is 1. The van der Waals surface area contributed by atoms with Crippen LogP contribution in [0.5, 0.6) is 0 Å². The molecule has 3 nitrogen and oxygen atoms in total. The maximum atomic E-state index is 11.6. The van der Waals surface area contributed by atoms with Crippen LogP contribution in [-0.4, -0.2) is 25.7 Å². The van der Waals surface area contributed by atoms with E-state index in [-0.39, 0.29) is 18.4 Å². The van der Waals surface area contributed by atoms with Crippen molar-refractivity contribution in [3.05, 3.63) is 35.9 Å². The number of rotatable bonds is 3. The second-order valence-corrected chi connectivity index (χ2v) is 4.18. The number of carbonyl (C=O) groups is 1. The average molecular weight is 256 g/mol. The van der Waals surface area contributed by atoms with Crippen LogP contribution in [-0.2, 0) is 4.74 Å². The molecule has 17 heavy (non-hydrogen) atoms. The van der Waals surface area contributed by atoms with E-state index in [9.17, 15) is 4.79 Å². The quantitative estimate of drug-likeness (QED) is 0.842. The van der Waals surface area contributed by atoms with E-state index in [1.807, 2.05) is 18.2 Å². The molecule has 0 aromatic heterocycles. The smallest absolute Gasteiger partial charge is 0.338 e. The van der Waals surface area contributed by atoms with Crippen molar-refractivity contribution in [3.63, 3.8) is 0 Å². The Morgan fingerprint density at radius 1 is 1.35 bits per heavy atom. The summed E-state index contributed by atoms with van der Waals surface area (Å²) < 4.78 is 5.29. The van der Waals surface area contributed by atoms with E-state index >= 15 is 0 Å². The molecular formula is C13H18ClNO2. The Labute approximate surface area is 108 Å². The first-order chi connectivity index (χ1) is 7.86. The lowest BCUT2D eigenvalue weighted by Gasteiger charge is -2.22. The maximum absolute atomic E-state index is 11.6. The lowest BCUT2D eigenvalue weighted by atomic mass is 10.0. The summed E-state index contributed by atoms with van der Waals surface area (Å²) in [5.74, 6) is 0.257. The van der Waals surface area contributed by atoms with Crippen molar-refractivity contribution in [1.82, 2.24) is 5.32 Å². The molecule has 1 aromatic rings. The lowest BCUT2D eigenvalue weighted by molar-refractivity contribution is 0.0421. The Bertz CT molecular complexity index is 337. The molecule has 0 amide bonds. The van der Waals surface area contributed by atoms with Gasteiger partial charge in [-0.15, -0.1) is 12.4 Å². The van der Waals surface area contributed by atoms with Gasteiger partial charge in [-0.25, -0.2) is 4.79 Å². The van der Waals surface area contributed by atoms with E-state index in [0.29, 0.717) is 18.1 Å². The van der Waals surface area contributed by atoms with Crippen LogP contribution in [0, 0.1) is 5.92 Å². The number of benzene rings is 1. The first kappa shape index (κ1) is 14.0. The average Bonchev–Trinajstić information content (AvgIpc) is 2.38. The predicted octanol–water partition coefficient (Wildman–Crippen LogP) is 2.26. The largest absolute Gasteiger partial charge is 0.462 e. The molecule has 1 aliphatic rings. The Balaban J connectivity index is 0.00000144. The van der Waals surface area contributed by atoms with Gasteiger partial charge in [-0.3, -0.25) is 0 Å². The molecule has 0 aliphatic carbocycles. The first-order valence-electron chi connectivity index (χ1n) is 5.79. The summed E-state index contributed by atoms with van der Waals surface area (Å²) in [5, 5.41) is 3.31. The number of carbonyl (C=O) groups excluding carboxylic acids is 1. The molecule has 0 saturated carbocycles. The molecule has 1 aliphatic heterocycles. The van der Waals surface area contributed by atoms with Crippen LogP contribution in [0.2, 0.25) is 0 Å². The van der Waals surface area contributed by atoms with E-state index < -0.39 is 0 Å². The summed E-state index contributed by atoms with van der Waals surface area (Å²) in [5.41, 5.74) is 0.631. The first-order valence-corrected chi connectivity index (χ1v) is 5.79. The van der Waals surface area contributed by atoms with Crippen LogP contribution in [0.1, 0.15) is 23.2 Å². The molecule has 1 atom stereocenters. The Morgan fingerprint density at radius 2 is 2.12 bits per heavy atom. The third-order valence-electron chi connectivity index (χ3n) is 2.86. The third kappa shape index (κ3) is 4.36. The van der Waals surface area contributed by atoms with Crippen molar-refractivity contribution in [2.75, 3.05) is 19.7 Å². The zero-order valence-electron chi connectivity index (χ0n) is 9.72. The molecule has 2 rings (SSSR count). The van der Waals surface area contributed by atoms with Crippen LogP contribution >= 0.6 is 12.4 Å². The lowest BCUT2D eigenvalue weighted by Crippen LogP contribution is -2.32. The molecule has 1 aromatic carbocycles. The van der Waals surface area contributed by atoms with Gasteiger partial charge in [0.2, 0.25) is 0 Å². The number of halogens is 1. The van der Waals surface area contributed by atoms with Gasteiger partial charge in [0.05, 0.1) is 12.2 Å². The molecule has 1 saturated heterocycles. The fourth-order valence-corrected chi connectivity index (χ4v) is 1.92. The van der Waals surface area contributed by atoms with E-state index in [1.54, 1.807) is 12.1 Å². The highest BCUT2D eigenvalue weighted by Crippen LogP contribution is 2.11. The van der Waals surface area contributed by atoms with Gasteiger partial charge in [0.15, 0.2) is 0 Å². The van der Waals surface area contributed by atoms with Crippen LogP contribution in [0.25, 0.3) is 0 Å². The highest BCUT2D eigenvalue weighted by molar-refractivity contribution is 5.89. The summed E-state index contributed by atoms with van der Waals surface area (Å²) in [6, 6.07) is 9.14. The molecule has 94 valence electrons. The summed E-state index contributed by atoms with van der Waals surface area (Å²) in [4.78, 5) is 11.6. The molecular weight excluding hydrogens is 238 g/mol. The van der Waals surface area contributed by atoms with Gasteiger partial charge >= 0.3 is 5.97 Å². The topological polar surface area (TPSA) is 38.3 Å². The van der Waals surface area contributed by atoms with Gasteiger partial charge in [-0.2, -0.15) is 0 Å². The fraction of sp³-hybridized carbons (Fsp3) is 0.462. The number of ether oxygens (including phenoxy) is 1. The summed E-state index contributed by atoms with van der Waals surface area (Å²) in [6.07, 6.45) is 2.32. The number of hydrogen-bond donors (Lipinski definition) is 1. The van der Waals surface area contributed by atoms with Crippen molar-refractivity contribution >= 4 is 18.4 Å². The minimum atomic E-state index is -0.217. The minimum absolute atomic E-state index is 0. The molecule has 1 fully saturated rings. The predicted molar refractivity (Wildman–Crippen MR) is 69.6 cm³/mol. The van der Waals surface area contributed by atoms with Gasteiger partial charge in [-0.05, 0) is 31.5 Å². The van der Waals surface area contributed by atoms with Crippen molar-refractivity contribution in [2.24, 2.45) is 5.92 Å². The van der Waals surface area contributed by atoms with E-state index in [1.165, 1.54) is 6.42 Å². The molecule has 1 N–H and O–H groups in total. The van der Waals surface area contributed by atoms with Crippen molar-refractivity contribution in [2.45, 2.75) is 12.8 Å². The summed E-state index contributed by atoms with van der Waals surface area (Å²) in [6.45, 7) is 2.58. The molecule has 0 radical (unpaired) electrons. The van der Waals surface area contributed by atoms with Crippen molar-refractivity contribution in [3.8, 4) is 0 Å². The van der Waals surface area contributed by atoms with Crippen LogP contribution in [0.15, 0.2) is 30.3 Å². The van der Waals surface area contributed by atoms with Gasteiger partial charge in [0.1, 0.15) is 0 Å². The second-order valence-electron chi connectivity index (χ2n) is 4.18. The monoisotopic (exact) mass is 255 g/mol. The number of hydrogen-bond acceptors (Lipinski definition) is 3. The van der Waals surface area contributed by atoms with Gasteiger partial charge in [-0.1, -0.05) is 18.2 Å². The van der Waals surface area contributed by atoms with E-state index in [4.69, 9.17) is 4.74 Å².